The summed E-state index contributed by atoms with van der Waals surface area (Å²) in [6.45, 7) is 10.2. The number of fused-ring (bicyclic) bond motifs is 1. The van der Waals surface area contributed by atoms with Crippen LogP contribution in [-0.4, -0.2) is 6.54 Å². The molecule has 0 amide bonds. The van der Waals surface area contributed by atoms with Gasteiger partial charge in [0.2, 0.25) is 0 Å². The van der Waals surface area contributed by atoms with Crippen LogP contribution in [0, 0.1) is 5.41 Å². The predicted molar refractivity (Wildman–Crippen MR) is 121 cm³/mol. The Morgan fingerprint density at radius 1 is 1.00 bits per heavy atom. The molecule has 150 valence electrons. The second kappa shape index (κ2) is 9.07. The van der Waals surface area contributed by atoms with E-state index in [1.54, 1.807) is 0 Å². The van der Waals surface area contributed by atoms with E-state index in [0.717, 1.165) is 32.2 Å². The molecule has 2 nitrogen and oxygen atoms in total. The number of nitrogens with two attached hydrogens (primary N) is 1. The van der Waals surface area contributed by atoms with Crippen molar-refractivity contribution in [1.29, 1.82) is 0 Å². The smallest absolute Gasteiger partial charge is 0.0388 e. The third kappa shape index (κ3) is 4.09. The van der Waals surface area contributed by atoms with Gasteiger partial charge in [-0.25, -0.2) is 0 Å². The van der Waals surface area contributed by atoms with Crippen LogP contribution in [0.2, 0.25) is 0 Å². The zero-order valence-electron chi connectivity index (χ0n) is 18.0. The minimum atomic E-state index is -0.108. The average Bonchev–Trinajstić information content (AvgIpc) is 2.73. The first-order valence-corrected chi connectivity index (χ1v) is 10.9. The summed E-state index contributed by atoms with van der Waals surface area (Å²) >= 11 is 0. The van der Waals surface area contributed by atoms with Crippen LogP contribution in [0.1, 0.15) is 76.6 Å². The monoisotopic (exact) mass is 376 g/mol. The molecule has 2 atom stereocenters. The van der Waals surface area contributed by atoms with Crippen molar-refractivity contribution in [3.05, 3.63) is 70.1 Å². The van der Waals surface area contributed by atoms with Gasteiger partial charge in [0.25, 0.3) is 0 Å². The van der Waals surface area contributed by atoms with E-state index in [1.165, 1.54) is 27.1 Å². The van der Waals surface area contributed by atoms with Crippen LogP contribution in [-0.2, 0) is 0 Å². The molecule has 1 aliphatic rings. The van der Waals surface area contributed by atoms with E-state index in [9.17, 15) is 0 Å². The van der Waals surface area contributed by atoms with Crippen LogP contribution in [0.25, 0.3) is 11.6 Å². The zero-order valence-corrected chi connectivity index (χ0v) is 18.0. The van der Waals surface area contributed by atoms with Crippen LogP contribution in [0.15, 0.2) is 48.5 Å². The molecule has 1 aliphatic carbocycles. The van der Waals surface area contributed by atoms with Crippen molar-refractivity contribution in [2.45, 2.75) is 65.5 Å². The molecule has 2 heteroatoms. The molecule has 0 spiro atoms. The Morgan fingerprint density at radius 2 is 1.68 bits per heavy atom. The molecule has 2 aromatic rings. The second-order valence-corrected chi connectivity index (χ2v) is 8.55. The summed E-state index contributed by atoms with van der Waals surface area (Å²) in [5, 5.41) is 6.44. The first-order valence-electron chi connectivity index (χ1n) is 10.9. The molecule has 0 saturated carbocycles. The molecule has 28 heavy (non-hydrogen) atoms. The number of benzene rings is 2. The molecule has 0 aliphatic heterocycles. The minimum Gasteiger partial charge on any atom is -0.323 e. The highest BCUT2D eigenvalue weighted by atomic mass is 14.9. The van der Waals surface area contributed by atoms with E-state index < -0.39 is 0 Å². The molecule has 2 aromatic carbocycles. The van der Waals surface area contributed by atoms with Gasteiger partial charge in [-0.1, -0.05) is 87.9 Å². The lowest BCUT2D eigenvalue weighted by Gasteiger charge is -2.37. The molecule has 0 saturated heterocycles. The summed E-state index contributed by atoms with van der Waals surface area (Å²) in [6, 6.07) is 17.9. The maximum Gasteiger partial charge on any atom is 0.0388 e. The van der Waals surface area contributed by atoms with Crippen molar-refractivity contribution in [1.82, 2.24) is 5.32 Å². The van der Waals surface area contributed by atoms with E-state index in [1.807, 2.05) is 0 Å². The molecule has 0 aromatic heterocycles. The van der Waals surface area contributed by atoms with Crippen LogP contribution in [0.3, 0.4) is 0 Å². The van der Waals surface area contributed by atoms with Gasteiger partial charge in [0.15, 0.2) is 0 Å². The van der Waals surface area contributed by atoms with Gasteiger partial charge in [0.05, 0.1) is 0 Å². The largest absolute Gasteiger partial charge is 0.323 e. The van der Waals surface area contributed by atoms with E-state index in [4.69, 9.17) is 5.73 Å². The van der Waals surface area contributed by atoms with Crippen molar-refractivity contribution in [2.24, 2.45) is 11.1 Å². The molecule has 0 heterocycles. The van der Waals surface area contributed by atoms with Gasteiger partial charge in [-0.3, -0.25) is 0 Å². The second-order valence-electron chi connectivity index (χ2n) is 8.55. The maximum absolute atomic E-state index is 7.02. The standard InChI is InChI=1S/C26H36N2/c1-5-18-28-24(6-2)21-15-9-10-16-22(21)25(27)26(3,4)23-17-11-13-19-12-7-8-14-20(19)23/h7-10,12-16,24-25,28H,5-6,11,17-18,27H2,1-4H3. The first-order chi connectivity index (χ1) is 13.5. The number of hydrogen-bond acceptors (Lipinski definition) is 2. The van der Waals surface area contributed by atoms with Crippen LogP contribution in [0.4, 0.5) is 0 Å². The Hall–Kier alpha value is -1.90. The Morgan fingerprint density at radius 3 is 2.39 bits per heavy atom. The topological polar surface area (TPSA) is 38.0 Å². The fraction of sp³-hybridized carbons (Fsp3) is 0.462. The van der Waals surface area contributed by atoms with Gasteiger partial charge in [-0.05, 0) is 53.8 Å². The van der Waals surface area contributed by atoms with Gasteiger partial charge < -0.3 is 11.1 Å². The molecule has 0 fully saturated rings. The molecular weight excluding hydrogens is 340 g/mol. The Bertz CT molecular complexity index is 910. The number of nitrogens with one attached hydrogen (secondary N) is 1. The fourth-order valence-electron chi connectivity index (χ4n) is 4.61. The third-order valence-corrected chi connectivity index (χ3v) is 6.36. The van der Waals surface area contributed by atoms with Crippen molar-refractivity contribution < 1.29 is 0 Å². The normalized spacial score (nSPS) is 16.2. The summed E-state index contributed by atoms with van der Waals surface area (Å²) in [7, 11) is 0. The van der Waals surface area contributed by atoms with Crippen LogP contribution < -0.4 is 21.5 Å². The zero-order chi connectivity index (χ0) is 20.1. The first kappa shape index (κ1) is 20.8. The minimum absolute atomic E-state index is 0.0395. The van der Waals surface area contributed by atoms with Crippen molar-refractivity contribution >= 4 is 11.6 Å². The van der Waals surface area contributed by atoms with Crippen LogP contribution >= 0.6 is 0 Å². The lowest BCUT2D eigenvalue weighted by molar-refractivity contribution is 0.379. The number of hydrogen-bond donors (Lipinski definition) is 2. The summed E-state index contributed by atoms with van der Waals surface area (Å²) < 4.78 is 0. The van der Waals surface area contributed by atoms with Crippen molar-refractivity contribution in [2.75, 3.05) is 6.54 Å². The van der Waals surface area contributed by atoms with Gasteiger partial charge in [-0.15, -0.1) is 0 Å². The molecule has 0 radical (unpaired) electrons. The highest BCUT2D eigenvalue weighted by Gasteiger charge is 2.34. The number of rotatable bonds is 8. The predicted octanol–water partition coefficient (Wildman–Crippen LogP) is 4.59. The lowest BCUT2D eigenvalue weighted by Crippen LogP contribution is -2.39. The van der Waals surface area contributed by atoms with Gasteiger partial charge in [0, 0.05) is 17.5 Å². The summed E-state index contributed by atoms with van der Waals surface area (Å²) in [5.41, 5.74) is 11.0. The fourth-order valence-corrected chi connectivity index (χ4v) is 4.61. The van der Waals surface area contributed by atoms with Crippen molar-refractivity contribution in [3.63, 3.8) is 0 Å². The lowest BCUT2D eigenvalue weighted by atomic mass is 9.70. The van der Waals surface area contributed by atoms with E-state index in [0.29, 0.717) is 6.04 Å². The Kier molecular flexibility index (Phi) is 6.74. The highest BCUT2D eigenvalue weighted by molar-refractivity contribution is 5.58. The molecule has 3 N–H and O–H groups in total. The van der Waals surface area contributed by atoms with Gasteiger partial charge in [0.1, 0.15) is 0 Å². The van der Waals surface area contributed by atoms with Gasteiger partial charge >= 0.3 is 0 Å². The molecule has 0 bridgehead atoms. The highest BCUT2D eigenvalue weighted by Crippen LogP contribution is 2.43. The summed E-state index contributed by atoms with van der Waals surface area (Å²) in [6.07, 6.45) is 6.75. The molecular formula is C26H36N2. The maximum atomic E-state index is 7.02. The van der Waals surface area contributed by atoms with Crippen LogP contribution in [0.5, 0.6) is 0 Å². The van der Waals surface area contributed by atoms with E-state index >= 15 is 0 Å². The van der Waals surface area contributed by atoms with E-state index in [-0.39, 0.29) is 11.5 Å². The molecule has 3 rings (SSSR count). The van der Waals surface area contributed by atoms with Gasteiger partial charge in [-0.2, -0.15) is 0 Å². The Balaban J connectivity index is 2.05. The summed E-state index contributed by atoms with van der Waals surface area (Å²) in [4.78, 5) is 0. The Labute approximate surface area is 170 Å². The quantitative estimate of drug-likeness (QED) is 0.707. The van der Waals surface area contributed by atoms with E-state index in [2.05, 4.69) is 87.6 Å². The average molecular weight is 377 g/mol. The molecule has 2 unspecified atom stereocenters. The van der Waals surface area contributed by atoms with Crippen molar-refractivity contribution in [3.8, 4) is 0 Å². The summed E-state index contributed by atoms with van der Waals surface area (Å²) in [5.74, 6) is 0. The SMILES string of the molecule is CCCNC(CC)c1ccccc1C(N)C(C)(C)C1=c2ccccc2=CCC1. The third-order valence-electron chi connectivity index (χ3n) is 6.36.